The summed E-state index contributed by atoms with van der Waals surface area (Å²) in [5.41, 5.74) is 0.658. The molecule has 0 spiro atoms. The van der Waals surface area contributed by atoms with E-state index in [0.717, 1.165) is 18.6 Å². The number of sulfone groups is 1. The number of hydrogen-bond donors (Lipinski definition) is 0. The molecular formula is C14H18F2N2O3S. The van der Waals surface area contributed by atoms with Crippen LogP contribution in [-0.4, -0.2) is 51.7 Å². The van der Waals surface area contributed by atoms with Crippen LogP contribution in [0.25, 0.3) is 0 Å². The van der Waals surface area contributed by atoms with E-state index < -0.39 is 20.5 Å². The molecule has 0 bridgehead atoms. The highest BCUT2D eigenvalue weighted by Crippen LogP contribution is 2.28. The van der Waals surface area contributed by atoms with Gasteiger partial charge in [-0.15, -0.1) is 0 Å². The summed E-state index contributed by atoms with van der Waals surface area (Å²) in [7, 11) is -1.23. The summed E-state index contributed by atoms with van der Waals surface area (Å²) >= 11 is 0. The molecule has 0 saturated carbocycles. The molecular weight excluding hydrogens is 314 g/mol. The van der Waals surface area contributed by atoms with Crippen LogP contribution in [0.2, 0.25) is 0 Å². The van der Waals surface area contributed by atoms with Crippen molar-refractivity contribution in [3.05, 3.63) is 24.3 Å². The molecule has 1 aromatic carbocycles. The number of amides is 1. The molecule has 1 aromatic rings. The number of hydrogen-bond acceptors (Lipinski definition) is 4. The van der Waals surface area contributed by atoms with Gasteiger partial charge in [-0.3, -0.25) is 4.79 Å². The molecule has 122 valence electrons. The molecule has 0 radical (unpaired) electrons. The Morgan fingerprint density at radius 1 is 1.27 bits per heavy atom. The number of carbonyl (C=O) groups excluding carboxylic acids is 1. The highest BCUT2D eigenvalue weighted by Gasteiger charge is 2.32. The lowest BCUT2D eigenvalue weighted by molar-refractivity contribution is -0.129. The second-order valence-corrected chi connectivity index (χ2v) is 7.30. The van der Waals surface area contributed by atoms with E-state index >= 15 is 0 Å². The van der Waals surface area contributed by atoms with Crippen LogP contribution in [0.5, 0.6) is 0 Å². The van der Waals surface area contributed by atoms with Gasteiger partial charge in [0, 0.05) is 26.3 Å². The largest absolute Gasteiger partial charge is 0.360 e. The van der Waals surface area contributed by atoms with Crippen molar-refractivity contribution in [2.75, 3.05) is 25.5 Å². The lowest BCUT2D eigenvalue weighted by Gasteiger charge is -2.28. The highest BCUT2D eigenvalue weighted by molar-refractivity contribution is 7.91. The second-order valence-electron chi connectivity index (χ2n) is 5.38. The Hall–Kier alpha value is -1.70. The number of likely N-dealkylation sites (N-methyl/N-ethyl adjacent to an activating group) is 1. The van der Waals surface area contributed by atoms with Crippen LogP contribution < -0.4 is 4.90 Å². The summed E-state index contributed by atoms with van der Waals surface area (Å²) in [6.07, 6.45) is 1.56. The van der Waals surface area contributed by atoms with E-state index in [1.165, 1.54) is 17.0 Å². The van der Waals surface area contributed by atoms with Gasteiger partial charge < -0.3 is 9.80 Å². The molecule has 1 amide bonds. The zero-order chi connectivity index (χ0) is 16.5. The van der Waals surface area contributed by atoms with Crippen molar-refractivity contribution >= 4 is 21.4 Å². The van der Waals surface area contributed by atoms with Crippen molar-refractivity contribution in [2.45, 2.75) is 29.5 Å². The number of nitrogens with zero attached hydrogens (tertiary/aromatic N) is 2. The topological polar surface area (TPSA) is 57.7 Å². The van der Waals surface area contributed by atoms with Gasteiger partial charge in [0.15, 0.2) is 0 Å². The van der Waals surface area contributed by atoms with E-state index in [0.29, 0.717) is 18.7 Å². The number of alkyl halides is 2. The van der Waals surface area contributed by atoms with Crippen LogP contribution in [0, 0.1) is 0 Å². The SMILES string of the molecule is CN(C)C(=O)[C@@H]1CCCN1c1ccc(S(=O)(=O)C(F)F)cc1. The average Bonchev–Trinajstić information content (AvgIpc) is 2.95. The zero-order valence-corrected chi connectivity index (χ0v) is 13.2. The van der Waals surface area contributed by atoms with E-state index in [2.05, 4.69) is 0 Å². The maximum Gasteiger partial charge on any atom is 0.341 e. The Morgan fingerprint density at radius 2 is 1.86 bits per heavy atom. The molecule has 5 nitrogen and oxygen atoms in total. The zero-order valence-electron chi connectivity index (χ0n) is 12.4. The molecule has 1 aliphatic heterocycles. The van der Waals surface area contributed by atoms with Gasteiger partial charge in [-0.1, -0.05) is 0 Å². The number of halogens is 2. The number of rotatable bonds is 4. The van der Waals surface area contributed by atoms with Crippen molar-refractivity contribution in [1.29, 1.82) is 0 Å². The molecule has 8 heteroatoms. The first-order chi connectivity index (χ1) is 10.2. The maximum atomic E-state index is 12.5. The minimum absolute atomic E-state index is 0.0261. The van der Waals surface area contributed by atoms with Gasteiger partial charge in [0.05, 0.1) is 4.90 Å². The summed E-state index contributed by atoms with van der Waals surface area (Å²) in [5.74, 6) is -3.46. The van der Waals surface area contributed by atoms with Crippen LogP contribution in [-0.2, 0) is 14.6 Å². The van der Waals surface area contributed by atoms with E-state index in [9.17, 15) is 22.0 Å². The Morgan fingerprint density at radius 3 is 2.36 bits per heavy atom. The lowest BCUT2D eigenvalue weighted by atomic mass is 10.2. The predicted octanol–water partition coefficient (Wildman–Crippen LogP) is 1.74. The monoisotopic (exact) mass is 332 g/mol. The average molecular weight is 332 g/mol. The first kappa shape index (κ1) is 16.7. The van der Waals surface area contributed by atoms with Crippen LogP contribution in [0.3, 0.4) is 0 Å². The fraction of sp³-hybridized carbons (Fsp3) is 0.500. The van der Waals surface area contributed by atoms with Gasteiger partial charge in [-0.25, -0.2) is 8.42 Å². The molecule has 1 atom stereocenters. The van der Waals surface area contributed by atoms with Crippen molar-refractivity contribution in [1.82, 2.24) is 4.90 Å². The minimum atomic E-state index is -4.59. The molecule has 0 aliphatic carbocycles. The van der Waals surface area contributed by atoms with Crippen molar-refractivity contribution in [3.63, 3.8) is 0 Å². The summed E-state index contributed by atoms with van der Waals surface area (Å²) in [5, 5.41) is 0. The fourth-order valence-electron chi connectivity index (χ4n) is 2.56. The summed E-state index contributed by atoms with van der Waals surface area (Å²) in [6, 6.07) is 4.96. The van der Waals surface area contributed by atoms with Crippen molar-refractivity contribution < 1.29 is 22.0 Å². The van der Waals surface area contributed by atoms with Crippen molar-refractivity contribution in [3.8, 4) is 0 Å². The first-order valence-corrected chi connectivity index (χ1v) is 8.39. The summed E-state index contributed by atoms with van der Waals surface area (Å²) in [6.45, 7) is 0.672. The quantitative estimate of drug-likeness (QED) is 0.843. The van der Waals surface area contributed by atoms with Crippen LogP contribution in [0.4, 0.5) is 14.5 Å². The van der Waals surface area contributed by atoms with E-state index in [1.54, 1.807) is 14.1 Å². The molecule has 0 aromatic heterocycles. The maximum absolute atomic E-state index is 12.5. The summed E-state index contributed by atoms with van der Waals surface area (Å²) < 4.78 is 47.8. The normalized spacial score (nSPS) is 18.8. The minimum Gasteiger partial charge on any atom is -0.360 e. The third kappa shape index (κ3) is 3.06. The molecule has 0 N–H and O–H groups in total. The number of carbonyl (C=O) groups is 1. The molecule has 1 aliphatic rings. The highest BCUT2D eigenvalue weighted by atomic mass is 32.2. The molecule has 2 rings (SSSR count). The third-order valence-electron chi connectivity index (χ3n) is 3.71. The fourth-order valence-corrected chi connectivity index (χ4v) is 3.28. The third-order valence-corrected chi connectivity index (χ3v) is 5.11. The predicted molar refractivity (Wildman–Crippen MR) is 78.7 cm³/mol. The van der Waals surface area contributed by atoms with Gasteiger partial charge in [0.1, 0.15) is 6.04 Å². The lowest BCUT2D eigenvalue weighted by Crippen LogP contribution is -2.42. The first-order valence-electron chi connectivity index (χ1n) is 6.85. The van der Waals surface area contributed by atoms with Gasteiger partial charge in [0.2, 0.25) is 15.7 Å². The van der Waals surface area contributed by atoms with Gasteiger partial charge in [-0.2, -0.15) is 8.78 Å². The number of benzene rings is 1. The van der Waals surface area contributed by atoms with Gasteiger partial charge in [-0.05, 0) is 37.1 Å². The molecule has 1 saturated heterocycles. The Balaban J connectivity index is 2.25. The van der Waals surface area contributed by atoms with Gasteiger partial charge in [0.25, 0.3) is 0 Å². The molecule has 22 heavy (non-hydrogen) atoms. The molecule has 1 heterocycles. The molecule has 1 fully saturated rings. The van der Waals surface area contributed by atoms with E-state index in [4.69, 9.17) is 0 Å². The smallest absolute Gasteiger partial charge is 0.341 e. The van der Waals surface area contributed by atoms with Gasteiger partial charge >= 0.3 is 5.76 Å². The van der Waals surface area contributed by atoms with Crippen LogP contribution >= 0.6 is 0 Å². The van der Waals surface area contributed by atoms with Crippen molar-refractivity contribution in [2.24, 2.45) is 0 Å². The Labute approximate surface area is 128 Å². The van der Waals surface area contributed by atoms with E-state index in [1.807, 2.05) is 4.90 Å². The van der Waals surface area contributed by atoms with E-state index in [-0.39, 0.29) is 11.9 Å². The Bertz CT molecular complexity index is 645. The van der Waals surface area contributed by atoms with Crippen LogP contribution in [0.1, 0.15) is 12.8 Å². The van der Waals surface area contributed by atoms with Crippen LogP contribution in [0.15, 0.2) is 29.2 Å². The summed E-state index contributed by atoms with van der Waals surface area (Å²) in [4.78, 5) is 15.1. The second kappa shape index (κ2) is 6.20. The standard InChI is InChI=1S/C14H18F2N2O3S/c1-17(2)13(19)12-4-3-9-18(12)10-5-7-11(8-6-10)22(20,21)14(15)16/h5-8,12,14H,3-4,9H2,1-2H3/t12-/m0/s1. The Kier molecular flexibility index (Phi) is 4.69. The molecule has 0 unspecified atom stereocenters. The number of anilines is 1.